The van der Waals surface area contributed by atoms with Crippen molar-refractivity contribution in [2.75, 3.05) is 24.5 Å². The number of carbonyl (C=O) groups is 1. The number of aromatic nitrogens is 2. The van der Waals surface area contributed by atoms with Gasteiger partial charge < -0.3 is 20.4 Å². The predicted molar refractivity (Wildman–Crippen MR) is 82.5 cm³/mol. The minimum Gasteiger partial charge on any atom is -0.412 e. The Labute approximate surface area is 142 Å². The molecule has 2 saturated heterocycles. The van der Waals surface area contributed by atoms with Gasteiger partial charge in [-0.2, -0.15) is 13.2 Å². The van der Waals surface area contributed by atoms with Crippen molar-refractivity contribution in [2.24, 2.45) is 5.92 Å². The number of anilines is 1. The van der Waals surface area contributed by atoms with Gasteiger partial charge in [0.15, 0.2) is 0 Å². The van der Waals surface area contributed by atoms with Crippen LogP contribution >= 0.6 is 0 Å². The molecule has 3 N–H and O–H groups in total. The Hall–Kier alpha value is -1.94. The number of amides is 1. The molecule has 1 amide bonds. The molecule has 0 saturated carbocycles. The number of halogens is 3. The molecule has 1 aromatic heterocycles. The highest BCUT2D eigenvalue weighted by Gasteiger charge is 2.36. The lowest BCUT2D eigenvalue weighted by Gasteiger charge is -2.35. The number of aliphatic hydroxyl groups is 1. The zero-order valence-electron chi connectivity index (χ0n) is 13.5. The van der Waals surface area contributed by atoms with Gasteiger partial charge in [0.2, 0.25) is 11.7 Å². The molecule has 25 heavy (non-hydrogen) atoms. The van der Waals surface area contributed by atoms with Crippen LogP contribution in [0.2, 0.25) is 0 Å². The van der Waals surface area contributed by atoms with Gasteiger partial charge >= 0.3 is 6.18 Å². The molecule has 7 nitrogen and oxygen atoms in total. The Morgan fingerprint density at radius 3 is 2.48 bits per heavy atom. The highest BCUT2D eigenvalue weighted by Crippen LogP contribution is 2.29. The number of carbonyl (C=O) groups excluding carboxylic acids is 1. The van der Waals surface area contributed by atoms with E-state index in [0.29, 0.717) is 32.5 Å². The average molecular weight is 362 g/mol. The van der Waals surface area contributed by atoms with E-state index < -0.39 is 18.2 Å². The second kappa shape index (κ2) is 7.52. The largest absolute Gasteiger partial charge is 0.451 e. The number of alkyl halides is 3. The van der Waals surface area contributed by atoms with E-state index in [2.05, 4.69) is 9.97 Å². The van der Waals surface area contributed by atoms with E-state index in [0.717, 1.165) is 19.0 Å². The number of rotatable bonds is 3. The van der Waals surface area contributed by atoms with Crippen LogP contribution < -0.4 is 4.90 Å². The molecule has 10 heteroatoms. The molecule has 3 heterocycles. The minimum absolute atomic E-state index is 0. The first-order valence-electron chi connectivity index (χ1n) is 7.97. The topological polar surface area (TPSA) is 101 Å². The Kier molecular flexibility index (Phi) is 5.83. The second-order valence-electron chi connectivity index (χ2n) is 6.23. The van der Waals surface area contributed by atoms with Gasteiger partial charge in [-0.15, -0.1) is 0 Å². The molecule has 0 radical (unpaired) electrons. The fourth-order valence-electron chi connectivity index (χ4n) is 3.23. The first kappa shape index (κ1) is 19.4. The molecule has 0 aromatic carbocycles. The van der Waals surface area contributed by atoms with Crippen LogP contribution in [0, 0.1) is 5.92 Å². The maximum absolute atomic E-state index is 12.7. The SMILES string of the molecule is O.O=C1CCC(O)N1CC1CCN(c2ccnc(C(F)(F)F)n2)CC1. The summed E-state index contributed by atoms with van der Waals surface area (Å²) in [6, 6.07) is 1.48. The van der Waals surface area contributed by atoms with Crippen molar-refractivity contribution in [1.82, 2.24) is 14.9 Å². The maximum atomic E-state index is 12.7. The van der Waals surface area contributed by atoms with Crippen LogP contribution in [0.1, 0.15) is 31.5 Å². The number of aliphatic hydroxyl groups excluding tert-OH is 1. The summed E-state index contributed by atoms with van der Waals surface area (Å²) in [5.41, 5.74) is 0. The average Bonchev–Trinajstić information content (AvgIpc) is 2.87. The van der Waals surface area contributed by atoms with Gasteiger partial charge in [0.05, 0.1) is 0 Å². The molecular weight excluding hydrogens is 341 g/mol. The van der Waals surface area contributed by atoms with E-state index >= 15 is 0 Å². The summed E-state index contributed by atoms with van der Waals surface area (Å²) in [4.78, 5) is 21.9. The smallest absolute Gasteiger partial charge is 0.412 e. The van der Waals surface area contributed by atoms with Crippen LogP contribution in [0.4, 0.5) is 19.0 Å². The highest BCUT2D eigenvalue weighted by molar-refractivity contribution is 5.78. The third-order valence-corrected chi connectivity index (χ3v) is 4.58. The minimum atomic E-state index is -4.55. The summed E-state index contributed by atoms with van der Waals surface area (Å²) < 4.78 is 38.1. The summed E-state index contributed by atoms with van der Waals surface area (Å²) in [7, 11) is 0. The van der Waals surface area contributed by atoms with Gasteiger partial charge in [0.25, 0.3) is 0 Å². The summed E-state index contributed by atoms with van der Waals surface area (Å²) in [6.45, 7) is 1.64. The van der Waals surface area contributed by atoms with E-state index in [1.807, 2.05) is 0 Å². The molecule has 0 aliphatic carbocycles. The van der Waals surface area contributed by atoms with Gasteiger partial charge in [-0.3, -0.25) is 4.79 Å². The molecule has 0 spiro atoms. The Balaban J connectivity index is 0.00000225. The van der Waals surface area contributed by atoms with Gasteiger partial charge in [0.1, 0.15) is 12.0 Å². The molecule has 1 aromatic rings. The molecule has 2 aliphatic heterocycles. The monoisotopic (exact) mass is 362 g/mol. The number of likely N-dealkylation sites (tertiary alicyclic amines) is 1. The molecule has 3 rings (SSSR count). The van der Waals surface area contributed by atoms with Gasteiger partial charge in [0, 0.05) is 38.7 Å². The standard InChI is InChI=1S/C15H19F3N4O2.H2O/c16-15(17,18)14-19-6-3-11(20-14)21-7-4-10(5-8-21)9-22-12(23)1-2-13(22)24;/h3,6,10,12,23H,1-2,4-5,7-9H2;1H2. The quantitative estimate of drug-likeness (QED) is 0.858. The van der Waals surface area contributed by atoms with Crippen molar-refractivity contribution in [1.29, 1.82) is 0 Å². The van der Waals surface area contributed by atoms with Crippen LogP contribution in [0.15, 0.2) is 12.3 Å². The molecule has 140 valence electrons. The van der Waals surface area contributed by atoms with Crippen molar-refractivity contribution in [3.8, 4) is 0 Å². The Morgan fingerprint density at radius 2 is 1.92 bits per heavy atom. The van der Waals surface area contributed by atoms with Crippen LogP contribution in [0.5, 0.6) is 0 Å². The van der Waals surface area contributed by atoms with Crippen LogP contribution in [0.25, 0.3) is 0 Å². The van der Waals surface area contributed by atoms with Gasteiger partial charge in [-0.25, -0.2) is 9.97 Å². The number of nitrogens with zero attached hydrogens (tertiary/aromatic N) is 4. The van der Waals surface area contributed by atoms with Gasteiger partial charge in [-0.1, -0.05) is 0 Å². The molecule has 2 aliphatic rings. The summed E-state index contributed by atoms with van der Waals surface area (Å²) >= 11 is 0. The Morgan fingerprint density at radius 1 is 1.24 bits per heavy atom. The third kappa shape index (κ3) is 4.37. The lowest BCUT2D eigenvalue weighted by atomic mass is 9.96. The first-order chi connectivity index (χ1) is 11.3. The van der Waals surface area contributed by atoms with Crippen molar-refractivity contribution in [3.63, 3.8) is 0 Å². The number of piperidine rings is 1. The molecule has 0 bridgehead atoms. The third-order valence-electron chi connectivity index (χ3n) is 4.58. The second-order valence-corrected chi connectivity index (χ2v) is 6.23. The lowest BCUT2D eigenvalue weighted by molar-refractivity contribution is -0.144. The van der Waals surface area contributed by atoms with Crippen LogP contribution in [-0.4, -0.2) is 57.2 Å². The Bertz CT molecular complexity index is 606. The fourth-order valence-corrected chi connectivity index (χ4v) is 3.23. The van der Waals surface area contributed by atoms with Crippen molar-refractivity contribution in [2.45, 2.75) is 38.1 Å². The van der Waals surface area contributed by atoms with Crippen molar-refractivity contribution in [3.05, 3.63) is 18.1 Å². The molecule has 1 unspecified atom stereocenters. The highest BCUT2D eigenvalue weighted by atomic mass is 19.4. The zero-order chi connectivity index (χ0) is 17.3. The van der Waals surface area contributed by atoms with Crippen molar-refractivity contribution < 1.29 is 28.5 Å². The van der Waals surface area contributed by atoms with Crippen LogP contribution in [-0.2, 0) is 11.0 Å². The zero-order valence-corrected chi connectivity index (χ0v) is 13.5. The van der Waals surface area contributed by atoms with E-state index in [4.69, 9.17) is 0 Å². The number of hydrogen-bond acceptors (Lipinski definition) is 5. The first-order valence-corrected chi connectivity index (χ1v) is 7.97. The predicted octanol–water partition coefficient (Wildman–Crippen LogP) is 0.828. The summed E-state index contributed by atoms with van der Waals surface area (Å²) in [5, 5.41) is 9.80. The molecule has 2 fully saturated rings. The summed E-state index contributed by atoms with van der Waals surface area (Å²) in [5.74, 6) is -0.654. The molecular formula is C15H21F3N4O3. The van der Waals surface area contributed by atoms with E-state index in [1.165, 1.54) is 11.0 Å². The van der Waals surface area contributed by atoms with Gasteiger partial charge in [-0.05, 0) is 24.8 Å². The fraction of sp³-hybridized carbons (Fsp3) is 0.667. The summed E-state index contributed by atoms with van der Waals surface area (Å²) in [6.07, 6.45) is -1.81. The number of hydrogen-bond donors (Lipinski definition) is 1. The normalized spacial score (nSPS) is 22.2. The lowest BCUT2D eigenvalue weighted by Crippen LogP contribution is -2.42. The van der Waals surface area contributed by atoms with E-state index in [1.54, 1.807) is 4.90 Å². The molecule has 1 atom stereocenters. The van der Waals surface area contributed by atoms with E-state index in [9.17, 15) is 23.1 Å². The van der Waals surface area contributed by atoms with Crippen LogP contribution in [0.3, 0.4) is 0 Å². The van der Waals surface area contributed by atoms with E-state index in [-0.39, 0.29) is 23.1 Å². The van der Waals surface area contributed by atoms with Crippen molar-refractivity contribution >= 4 is 11.7 Å². The maximum Gasteiger partial charge on any atom is 0.451 e.